The molecule has 0 spiro atoms. The lowest BCUT2D eigenvalue weighted by atomic mass is 10.0. The summed E-state index contributed by atoms with van der Waals surface area (Å²) in [6, 6.07) is 15.8. The van der Waals surface area contributed by atoms with Crippen molar-refractivity contribution in [2.75, 3.05) is 44.7 Å². The Balaban J connectivity index is 1.30. The Morgan fingerprint density at radius 3 is 2.68 bits per heavy atom. The molecule has 1 amide bonds. The Hall–Kier alpha value is -4.02. The van der Waals surface area contributed by atoms with Gasteiger partial charge < -0.3 is 20.1 Å². The summed E-state index contributed by atoms with van der Waals surface area (Å²) in [6.45, 7) is 6.86. The molecule has 2 aromatic carbocycles. The number of aryl methyl sites for hydroxylation is 1. The maximum atomic E-state index is 12.6. The molecule has 1 saturated heterocycles. The number of nitrogens with one attached hydrogen (secondary N) is 2. The number of nitrogens with zero attached hydrogens (tertiary/aromatic N) is 5. The zero-order chi connectivity index (χ0) is 25.9. The summed E-state index contributed by atoms with van der Waals surface area (Å²) in [6.07, 6.45) is 3.89. The van der Waals surface area contributed by atoms with Crippen LogP contribution in [0, 0.1) is 6.92 Å². The second-order valence-electron chi connectivity index (χ2n) is 9.70. The van der Waals surface area contributed by atoms with Crippen molar-refractivity contribution in [1.82, 2.24) is 29.8 Å². The molecule has 38 heavy (non-hydrogen) atoms. The van der Waals surface area contributed by atoms with Gasteiger partial charge >= 0.3 is 6.01 Å². The van der Waals surface area contributed by atoms with Crippen molar-refractivity contribution in [1.29, 1.82) is 0 Å². The van der Waals surface area contributed by atoms with Gasteiger partial charge in [0.25, 0.3) is 5.91 Å². The van der Waals surface area contributed by atoms with E-state index in [0.29, 0.717) is 35.5 Å². The van der Waals surface area contributed by atoms with Crippen molar-refractivity contribution in [2.24, 2.45) is 0 Å². The number of rotatable bonds is 9. The third-order valence-electron chi connectivity index (χ3n) is 6.81. The van der Waals surface area contributed by atoms with Crippen molar-refractivity contribution in [2.45, 2.75) is 25.8 Å². The van der Waals surface area contributed by atoms with Crippen molar-refractivity contribution in [3.05, 3.63) is 65.9 Å². The van der Waals surface area contributed by atoms with E-state index in [1.165, 1.54) is 0 Å². The normalized spacial score (nSPS) is 15.9. The van der Waals surface area contributed by atoms with Crippen LogP contribution >= 0.6 is 0 Å². The largest absolute Gasteiger partial charge is 0.424 e. The number of carbonyl (C=O) groups is 1. The Morgan fingerprint density at radius 2 is 1.92 bits per heavy atom. The lowest BCUT2D eigenvalue weighted by Crippen LogP contribution is -2.39. The first kappa shape index (κ1) is 24.3. The summed E-state index contributed by atoms with van der Waals surface area (Å²) in [5, 5.41) is 11.1. The van der Waals surface area contributed by atoms with Crippen LogP contribution in [-0.4, -0.2) is 75.8 Å². The van der Waals surface area contributed by atoms with E-state index >= 15 is 0 Å². The van der Waals surface area contributed by atoms with Crippen LogP contribution in [0.4, 0.5) is 5.95 Å². The minimum Gasteiger partial charge on any atom is -0.424 e. The van der Waals surface area contributed by atoms with Gasteiger partial charge in [0, 0.05) is 43.3 Å². The van der Waals surface area contributed by atoms with Crippen molar-refractivity contribution < 1.29 is 14.3 Å². The number of anilines is 1. The standard InChI is InChI=1S/C28H31N7O3/c1-19-17-20(7-10-23(19)26(36)31-21-8-9-21)24-18-30-35-25(24)32-28(38-22-5-3-2-4-6-22)33-27(35)29-11-12-34-13-15-37-16-14-34/h2-7,10,17-18,21H,8-9,11-16H2,1H3,(H,31,36)(H,29,32,33). The van der Waals surface area contributed by atoms with Gasteiger partial charge in [-0.05, 0) is 49.1 Å². The van der Waals surface area contributed by atoms with E-state index in [-0.39, 0.29) is 11.9 Å². The minimum absolute atomic E-state index is 0.0240. The highest BCUT2D eigenvalue weighted by Gasteiger charge is 2.25. The molecule has 0 atom stereocenters. The molecule has 6 rings (SSSR count). The molecule has 1 aliphatic carbocycles. The number of hydrogen-bond acceptors (Lipinski definition) is 8. The average molecular weight is 514 g/mol. The molecule has 10 heteroatoms. The lowest BCUT2D eigenvalue weighted by molar-refractivity contribution is 0.0398. The molecule has 2 fully saturated rings. The molecule has 1 aliphatic heterocycles. The van der Waals surface area contributed by atoms with Gasteiger partial charge in [-0.2, -0.15) is 19.6 Å². The number of amides is 1. The van der Waals surface area contributed by atoms with E-state index in [4.69, 9.17) is 14.5 Å². The van der Waals surface area contributed by atoms with E-state index in [1.54, 1.807) is 10.7 Å². The van der Waals surface area contributed by atoms with Crippen LogP contribution in [0.2, 0.25) is 0 Å². The van der Waals surface area contributed by atoms with Gasteiger partial charge in [0.15, 0.2) is 5.65 Å². The molecule has 196 valence electrons. The predicted octanol–water partition coefficient (Wildman–Crippen LogP) is 3.53. The smallest absolute Gasteiger partial charge is 0.327 e. The number of para-hydroxylation sites is 1. The zero-order valence-corrected chi connectivity index (χ0v) is 21.4. The first-order valence-corrected chi connectivity index (χ1v) is 13.1. The molecule has 2 N–H and O–H groups in total. The molecule has 2 aromatic heterocycles. The fourth-order valence-electron chi connectivity index (χ4n) is 4.54. The van der Waals surface area contributed by atoms with Gasteiger partial charge in [-0.3, -0.25) is 9.69 Å². The third-order valence-corrected chi connectivity index (χ3v) is 6.81. The van der Waals surface area contributed by atoms with Crippen LogP contribution in [0.1, 0.15) is 28.8 Å². The van der Waals surface area contributed by atoms with Crippen LogP contribution in [-0.2, 0) is 4.74 Å². The van der Waals surface area contributed by atoms with Crippen LogP contribution < -0.4 is 15.4 Å². The second-order valence-corrected chi connectivity index (χ2v) is 9.70. The number of benzene rings is 2. The Kier molecular flexibility index (Phi) is 6.89. The summed E-state index contributed by atoms with van der Waals surface area (Å²) in [4.78, 5) is 24.3. The third kappa shape index (κ3) is 5.46. The molecular formula is C28H31N7O3. The van der Waals surface area contributed by atoms with Gasteiger partial charge in [-0.25, -0.2) is 0 Å². The van der Waals surface area contributed by atoms with E-state index in [2.05, 4.69) is 25.6 Å². The molecule has 0 bridgehead atoms. The van der Waals surface area contributed by atoms with Gasteiger partial charge in [-0.15, -0.1) is 0 Å². The maximum absolute atomic E-state index is 12.6. The summed E-state index contributed by atoms with van der Waals surface area (Å²) in [5.74, 6) is 1.18. The second kappa shape index (κ2) is 10.8. The molecule has 2 aliphatic rings. The van der Waals surface area contributed by atoms with E-state index in [1.807, 2.05) is 55.5 Å². The highest BCUT2D eigenvalue weighted by Crippen LogP contribution is 2.29. The molecular weight excluding hydrogens is 482 g/mol. The number of aromatic nitrogens is 4. The summed E-state index contributed by atoms with van der Waals surface area (Å²) in [5.41, 5.74) is 3.96. The van der Waals surface area contributed by atoms with E-state index in [0.717, 1.165) is 62.4 Å². The van der Waals surface area contributed by atoms with Gasteiger partial charge in [0.1, 0.15) is 5.75 Å². The minimum atomic E-state index is -0.0240. The lowest BCUT2D eigenvalue weighted by Gasteiger charge is -2.26. The van der Waals surface area contributed by atoms with Crippen LogP contribution in [0.3, 0.4) is 0 Å². The molecule has 4 aromatic rings. The SMILES string of the molecule is Cc1cc(-c2cnn3c(NCCN4CCOCC4)nc(Oc4ccccc4)nc23)ccc1C(=O)NC1CC1. The quantitative estimate of drug-likeness (QED) is 0.350. The van der Waals surface area contributed by atoms with Gasteiger partial charge in [0.2, 0.25) is 5.95 Å². The predicted molar refractivity (Wildman–Crippen MR) is 144 cm³/mol. The number of morpholine rings is 1. The average Bonchev–Trinajstić information content (AvgIpc) is 3.64. The van der Waals surface area contributed by atoms with Crippen molar-refractivity contribution in [3.63, 3.8) is 0 Å². The Labute approximate surface area is 221 Å². The van der Waals surface area contributed by atoms with Crippen LogP contribution in [0.5, 0.6) is 11.8 Å². The highest BCUT2D eigenvalue weighted by atomic mass is 16.5. The van der Waals surface area contributed by atoms with Crippen LogP contribution in [0.15, 0.2) is 54.7 Å². The summed E-state index contributed by atoms with van der Waals surface area (Å²) >= 11 is 0. The maximum Gasteiger partial charge on any atom is 0.327 e. The number of carbonyl (C=O) groups excluding carboxylic acids is 1. The number of fused-ring (bicyclic) bond motifs is 1. The molecule has 3 heterocycles. The molecule has 1 saturated carbocycles. The monoisotopic (exact) mass is 513 g/mol. The number of hydrogen-bond donors (Lipinski definition) is 2. The van der Waals surface area contributed by atoms with Crippen molar-refractivity contribution in [3.8, 4) is 22.9 Å². The Bertz CT molecular complexity index is 1430. The zero-order valence-electron chi connectivity index (χ0n) is 21.4. The molecule has 0 unspecified atom stereocenters. The van der Waals surface area contributed by atoms with Crippen LogP contribution in [0.25, 0.3) is 16.8 Å². The fourth-order valence-corrected chi connectivity index (χ4v) is 4.54. The Morgan fingerprint density at radius 1 is 1.11 bits per heavy atom. The molecule has 10 nitrogen and oxygen atoms in total. The van der Waals surface area contributed by atoms with Crippen molar-refractivity contribution >= 4 is 17.5 Å². The van der Waals surface area contributed by atoms with Gasteiger partial charge in [-0.1, -0.05) is 30.3 Å². The summed E-state index contributed by atoms with van der Waals surface area (Å²) in [7, 11) is 0. The van der Waals surface area contributed by atoms with E-state index < -0.39 is 0 Å². The highest BCUT2D eigenvalue weighted by molar-refractivity contribution is 5.97. The first-order valence-electron chi connectivity index (χ1n) is 13.1. The van der Waals surface area contributed by atoms with E-state index in [9.17, 15) is 4.79 Å². The summed E-state index contributed by atoms with van der Waals surface area (Å²) < 4.78 is 13.2. The fraction of sp³-hybridized carbons (Fsp3) is 0.357. The van der Waals surface area contributed by atoms with Gasteiger partial charge in [0.05, 0.1) is 19.4 Å². The topological polar surface area (TPSA) is 106 Å². The number of ether oxygens (including phenoxy) is 2. The molecule has 0 radical (unpaired) electrons. The first-order chi connectivity index (χ1) is 18.6.